The smallest absolute Gasteiger partial charge is 0.287 e. The molecule has 0 saturated carbocycles. The van der Waals surface area contributed by atoms with Gasteiger partial charge in [-0.2, -0.15) is 0 Å². The van der Waals surface area contributed by atoms with Crippen molar-refractivity contribution in [2.24, 2.45) is 0 Å². The van der Waals surface area contributed by atoms with Gasteiger partial charge in [-0.3, -0.25) is 14.6 Å². The number of aromatic nitrogens is 1. The second kappa shape index (κ2) is 10.3. The Bertz CT molecular complexity index is 1350. The number of halogens is 1. The number of ether oxygens (including phenoxy) is 1. The fraction of sp³-hybridized carbons (Fsp3) is 0.179. The standard InChI is InChI=1S/C28H25FN2O3/c1-18-14-22-24(15-19(18)2)30-13-11-26(22)34-27-9-8-21(16-23(27)29)17-25(32)28(33)31-12-10-20-6-4-3-5-7-20/h3-9,11,13-16H,10,12,17H2,1-2H3,(H,31,33). The molecule has 1 aromatic heterocycles. The topological polar surface area (TPSA) is 68.3 Å². The van der Waals surface area contributed by atoms with E-state index in [9.17, 15) is 14.0 Å². The van der Waals surface area contributed by atoms with Gasteiger partial charge in [0.25, 0.3) is 5.91 Å². The minimum atomic E-state index is -0.675. The van der Waals surface area contributed by atoms with Gasteiger partial charge in [0, 0.05) is 24.5 Å². The van der Waals surface area contributed by atoms with Crippen molar-refractivity contribution in [1.29, 1.82) is 0 Å². The van der Waals surface area contributed by atoms with Crippen molar-refractivity contribution in [2.45, 2.75) is 26.7 Å². The number of aryl methyl sites for hydroxylation is 2. The zero-order valence-electron chi connectivity index (χ0n) is 19.1. The summed E-state index contributed by atoms with van der Waals surface area (Å²) in [5.41, 5.74) is 4.43. The van der Waals surface area contributed by atoms with Gasteiger partial charge in [-0.05, 0) is 72.9 Å². The molecule has 0 unspecified atom stereocenters. The van der Waals surface area contributed by atoms with Crippen LogP contribution in [0, 0.1) is 19.7 Å². The Kier molecular flexibility index (Phi) is 6.97. The van der Waals surface area contributed by atoms with Crippen molar-refractivity contribution < 1.29 is 18.7 Å². The Balaban J connectivity index is 1.39. The lowest BCUT2D eigenvalue weighted by Gasteiger charge is -2.12. The third-order valence-electron chi connectivity index (χ3n) is 5.69. The molecule has 34 heavy (non-hydrogen) atoms. The Labute approximate surface area is 197 Å². The highest BCUT2D eigenvalue weighted by molar-refractivity contribution is 6.36. The Morgan fingerprint density at radius 1 is 0.912 bits per heavy atom. The molecule has 1 heterocycles. The molecule has 0 saturated heterocycles. The highest BCUT2D eigenvalue weighted by Gasteiger charge is 2.16. The first kappa shape index (κ1) is 23.1. The Morgan fingerprint density at radius 3 is 2.44 bits per heavy atom. The lowest BCUT2D eigenvalue weighted by atomic mass is 10.1. The van der Waals surface area contributed by atoms with E-state index in [0.717, 1.165) is 27.6 Å². The van der Waals surface area contributed by atoms with Crippen LogP contribution in [0.5, 0.6) is 11.5 Å². The molecule has 5 nitrogen and oxygen atoms in total. The SMILES string of the molecule is Cc1cc2nccc(Oc3ccc(CC(=O)C(=O)NCCc4ccccc4)cc3F)c2cc1C. The van der Waals surface area contributed by atoms with E-state index in [4.69, 9.17) is 4.74 Å². The number of hydrogen-bond acceptors (Lipinski definition) is 4. The van der Waals surface area contributed by atoms with Gasteiger partial charge in [0.2, 0.25) is 5.78 Å². The van der Waals surface area contributed by atoms with Crippen molar-refractivity contribution in [1.82, 2.24) is 10.3 Å². The molecule has 0 radical (unpaired) electrons. The first-order chi connectivity index (χ1) is 16.4. The Hall–Kier alpha value is -4.06. The van der Waals surface area contributed by atoms with E-state index in [-0.39, 0.29) is 12.2 Å². The third kappa shape index (κ3) is 5.46. The molecule has 6 heteroatoms. The molecule has 4 rings (SSSR count). The van der Waals surface area contributed by atoms with E-state index in [1.54, 1.807) is 18.3 Å². The summed E-state index contributed by atoms with van der Waals surface area (Å²) in [5, 5.41) is 3.41. The largest absolute Gasteiger partial charge is 0.454 e. The van der Waals surface area contributed by atoms with Crippen LogP contribution in [-0.2, 0) is 22.4 Å². The number of amides is 1. The van der Waals surface area contributed by atoms with Gasteiger partial charge in [0.15, 0.2) is 11.6 Å². The maximum Gasteiger partial charge on any atom is 0.287 e. The van der Waals surface area contributed by atoms with Crippen LogP contribution < -0.4 is 10.1 Å². The minimum absolute atomic E-state index is 0.0363. The van der Waals surface area contributed by atoms with Crippen LogP contribution >= 0.6 is 0 Å². The fourth-order valence-electron chi connectivity index (χ4n) is 3.65. The molecular weight excluding hydrogens is 431 g/mol. The quantitative estimate of drug-likeness (QED) is 0.368. The number of pyridine rings is 1. The first-order valence-corrected chi connectivity index (χ1v) is 11.1. The van der Waals surface area contributed by atoms with Gasteiger partial charge in [-0.15, -0.1) is 0 Å². The van der Waals surface area contributed by atoms with Gasteiger partial charge >= 0.3 is 0 Å². The zero-order valence-corrected chi connectivity index (χ0v) is 19.1. The molecule has 1 amide bonds. The van der Waals surface area contributed by atoms with Crippen molar-refractivity contribution >= 4 is 22.6 Å². The Morgan fingerprint density at radius 2 is 1.68 bits per heavy atom. The third-order valence-corrected chi connectivity index (χ3v) is 5.69. The van der Waals surface area contributed by atoms with Gasteiger partial charge in [0.1, 0.15) is 5.75 Å². The highest BCUT2D eigenvalue weighted by Crippen LogP contribution is 2.32. The van der Waals surface area contributed by atoms with E-state index in [0.29, 0.717) is 24.3 Å². The maximum atomic E-state index is 14.8. The molecule has 0 aliphatic heterocycles. The number of ketones is 1. The van der Waals surface area contributed by atoms with Crippen LogP contribution in [-0.4, -0.2) is 23.2 Å². The predicted octanol–water partition coefficient (Wildman–Crippen LogP) is 5.25. The fourth-order valence-corrected chi connectivity index (χ4v) is 3.65. The second-order valence-electron chi connectivity index (χ2n) is 8.22. The number of carbonyl (C=O) groups excluding carboxylic acids is 2. The molecule has 0 atom stereocenters. The lowest BCUT2D eigenvalue weighted by molar-refractivity contribution is -0.137. The second-order valence-corrected chi connectivity index (χ2v) is 8.22. The van der Waals surface area contributed by atoms with E-state index in [2.05, 4.69) is 10.3 Å². The van der Waals surface area contributed by atoms with Crippen LogP contribution in [0.1, 0.15) is 22.3 Å². The summed E-state index contributed by atoms with van der Waals surface area (Å²) < 4.78 is 20.6. The summed E-state index contributed by atoms with van der Waals surface area (Å²) in [4.78, 5) is 28.8. The summed E-state index contributed by atoms with van der Waals surface area (Å²) in [6.45, 7) is 4.36. The number of fused-ring (bicyclic) bond motifs is 1. The van der Waals surface area contributed by atoms with Crippen LogP contribution in [0.25, 0.3) is 10.9 Å². The number of carbonyl (C=O) groups is 2. The van der Waals surface area contributed by atoms with E-state index >= 15 is 0 Å². The van der Waals surface area contributed by atoms with Crippen LogP contribution in [0.3, 0.4) is 0 Å². The molecule has 0 aliphatic carbocycles. The van der Waals surface area contributed by atoms with Gasteiger partial charge in [-0.1, -0.05) is 36.4 Å². The van der Waals surface area contributed by atoms with E-state index in [1.807, 2.05) is 56.3 Å². The van der Waals surface area contributed by atoms with E-state index < -0.39 is 17.5 Å². The normalized spacial score (nSPS) is 10.8. The molecule has 0 bridgehead atoms. The van der Waals surface area contributed by atoms with Crippen molar-refractivity contribution in [3.63, 3.8) is 0 Å². The van der Waals surface area contributed by atoms with Crippen molar-refractivity contribution in [3.05, 3.63) is 101 Å². The predicted molar refractivity (Wildman–Crippen MR) is 130 cm³/mol. The molecule has 172 valence electrons. The molecule has 1 N–H and O–H groups in total. The summed E-state index contributed by atoms with van der Waals surface area (Å²) in [5.74, 6) is -1.37. The summed E-state index contributed by atoms with van der Waals surface area (Å²) >= 11 is 0. The number of rotatable bonds is 8. The monoisotopic (exact) mass is 456 g/mol. The lowest BCUT2D eigenvalue weighted by Crippen LogP contribution is -2.33. The number of Topliss-reactive ketones (excluding diaryl/α,β-unsaturated/α-hetero) is 1. The van der Waals surface area contributed by atoms with Crippen molar-refractivity contribution in [2.75, 3.05) is 6.54 Å². The van der Waals surface area contributed by atoms with Crippen molar-refractivity contribution in [3.8, 4) is 11.5 Å². The number of hydrogen-bond donors (Lipinski definition) is 1. The summed E-state index contributed by atoms with van der Waals surface area (Å²) in [7, 11) is 0. The summed E-state index contributed by atoms with van der Waals surface area (Å²) in [6, 6.07) is 19.6. The zero-order chi connectivity index (χ0) is 24.1. The number of nitrogens with zero attached hydrogens (tertiary/aromatic N) is 1. The molecule has 0 fully saturated rings. The average Bonchev–Trinajstić information content (AvgIpc) is 2.82. The molecule has 0 spiro atoms. The molecule has 4 aromatic rings. The maximum absolute atomic E-state index is 14.8. The number of nitrogens with one attached hydrogen (secondary N) is 1. The summed E-state index contributed by atoms with van der Waals surface area (Å²) in [6.07, 6.45) is 2.06. The average molecular weight is 457 g/mol. The van der Waals surface area contributed by atoms with Gasteiger partial charge in [-0.25, -0.2) is 4.39 Å². The van der Waals surface area contributed by atoms with Gasteiger partial charge in [0.05, 0.1) is 5.52 Å². The van der Waals surface area contributed by atoms with Crippen LogP contribution in [0.4, 0.5) is 4.39 Å². The number of benzene rings is 3. The minimum Gasteiger partial charge on any atom is -0.454 e. The van der Waals surface area contributed by atoms with Crippen LogP contribution in [0.2, 0.25) is 0 Å². The van der Waals surface area contributed by atoms with Crippen LogP contribution in [0.15, 0.2) is 72.9 Å². The molecule has 0 aliphatic rings. The first-order valence-electron chi connectivity index (χ1n) is 11.1. The van der Waals surface area contributed by atoms with Gasteiger partial charge < -0.3 is 10.1 Å². The molecular formula is C28H25FN2O3. The van der Waals surface area contributed by atoms with E-state index in [1.165, 1.54) is 12.1 Å². The highest BCUT2D eigenvalue weighted by atomic mass is 19.1. The molecule has 3 aromatic carbocycles.